The van der Waals surface area contributed by atoms with Crippen LogP contribution in [0.15, 0.2) is 54.6 Å². The van der Waals surface area contributed by atoms with Gasteiger partial charge in [-0.3, -0.25) is 4.79 Å². The Bertz CT molecular complexity index is 1040. The van der Waals surface area contributed by atoms with Crippen molar-refractivity contribution in [2.45, 2.75) is 46.7 Å². The molecule has 1 atom stereocenters. The van der Waals surface area contributed by atoms with Crippen LogP contribution in [0.25, 0.3) is 11.0 Å². The van der Waals surface area contributed by atoms with Crippen LogP contribution in [0.3, 0.4) is 0 Å². The molecule has 1 unspecified atom stereocenters. The summed E-state index contributed by atoms with van der Waals surface area (Å²) in [6.07, 6.45) is 0.835. The van der Waals surface area contributed by atoms with Crippen molar-refractivity contribution >= 4 is 16.9 Å². The zero-order valence-corrected chi connectivity index (χ0v) is 17.7. The number of para-hydroxylation sites is 2. The zero-order chi connectivity index (χ0) is 21.0. The monoisotopic (exact) mass is 391 g/mol. The first-order valence-corrected chi connectivity index (χ1v) is 9.98. The lowest BCUT2D eigenvalue weighted by molar-refractivity contribution is -0.118. The third-order valence-electron chi connectivity index (χ3n) is 5.08. The van der Waals surface area contributed by atoms with E-state index in [0.29, 0.717) is 12.2 Å². The lowest BCUT2D eigenvalue weighted by Gasteiger charge is -2.16. The molecule has 152 valence electrons. The van der Waals surface area contributed by atoms with E-state index in [9.17, 15) is 4.79 Å². The maximum absolute atomic E-state index is 12.1. The molecule has 0 saturated carbocycles. The second-order valence-corrected chi connectivity index (χ2v) is 7.53. The molecule has 5 heteroatoms. The van der Waals surface area contributed by atoms with Gasteiger partial charge in [-0.1, -0.05) is 24.8 Å². The summed E-state index contributed by atoms with van der Waals surface area (Å²) in [6.45, 7) is 12.9. The van der Waals surface area contributed by atoms with Crippen LogP contribution in [0.1, 0.15) is 43.3 Å². The van der Waals surface area contributed by atoms with Gasteiger partial charge in [0.15, 0.2) is 0 Å². The predicted molar refractivity (Wildman–Crippen MR) is 117 cm³/mol. The van der Waals surface area contributed by atoms with Gasteiger partial charge >= 0.3 is 0 Å². The van der Waals surface area contributed by atoms with E-state index in [0.717, 1.165) is 35.6 Å². The van der Waals surface area contributed by atoms with E-state index in [1.54, 1.807) is 6.92 Å². The van der Waals surface area contributed by atoms with Crippen molar-refractivity contribution in [2.75, 3.05) is 6.61 Å². The number of benzene rings is 2. The molecule has 0 saturated heterocycles. The average molecular weight is 392 g/mol. The summed E-state index contributed by atoms with van der Waals surface area (Å²) >= 11 is 0. The Balaban J connectivity index is 1.72. The summed E-state index contributed by atoms with van der Waals surface area (Å²) < 4.78 is 8.10. The SMILES string of the molecule is C=C(C)C(=O)NC(C)c1nc2ccccc2n1CCCOc1ccc(C)c(C)c1. The van der Waals surface area contributed by atoms with Crippen LogP contribution in [0.2, 0.25) is 0 Å². The smallest absolute Gasteiger partial charge is 0.246 e. The molecule has 0 aliphatic heterocycles. The Kier molecular flexibility index (Phi) is 6.37. The number of carbonyl (C=O) groups excluding carboxylic acids is 1. The lowest BCUT2D eigenvalue weighted by atomic mass is 10.1. The molecule has 2 aromatic carbocycles. The first-order chi connectivity index (χ1) is 13.9. The van der Waals surface area contributed by atoms with Crippen LogP contribution >= 0.6 is 0 Å². The molecule has 0 aliphatic rings. The molecule has 0 fully saturated rings. The highest BCUT2D eigenvalue weighted by atomic mass is 16.5. The number of hydrogen-bond donors (Lipinski definition) is 1. The topological polar surface area (TPSA) is 56.2 Å². The van der Waals surface area contributed by atoms with Crippen LogP contribution in [0.5, 0.6) is 5.75 Å². The number of aromatic nitrogens is 2. The molecular weight excluding hydrogens is 362 g/mol. The fraction of sp³-hybridized carbons (Fsp3) is 0.333. The summed E-state index contributed by atoms with van der Waals surface area (Å²) in [7, 11) is 0. The summed E-state index contributed by atoms with van der Waals surface area (Å²) in [4.78, 5) is 16.8. The number of nitrogens with one attached hydrogen (secondary N) is 1. The largest absolute Gasteiger partial charge is 0.494 e. The van der Waals surface area contributed by atoms with Crippen molar-refractivity contribution in [1.29, 1.82) is 0 Å². The van der Waals surface area contributed by atoms with E-state index < -0.39 is 0 Å². The van der Waals surface area contributed by atoms with Crippen LogP contribution in [-0.4, -0.2) is 22.1 Å². The number of rotatable bonds is 8. The van der Waals surface area contributed by atoms with E-state index in [-0.39, 0.29) is 11.9 Å². The molecule has 0 spiro atoms. The zero-order valence-electron chi connectivity index (χ0n) is 17.7. The Hall–Kier alpha value is -3.08. The fourth-order valence-electron chi connectivity index (χ4n) is 3.26. The van der Waals surface area contributed by atoms with E-state index in [1.165, 1.54) is 11.1 Å². The minimum Gasteiger partial charge on any atom is -0.494 e. The number of amides is 1. The van der Waals surface area contributed by atoms with Gasteiger partial charge in [0.25, 0.3) is 0 Å². The molecular formula is C24H29N3O2. The van der Waals surface area contributed by atoms with Crippen LogP contribution < -0.4 is 10.1 Å². The van der Waals surface area contributed by atoms with Gasteiger partial charge in [-0.15, -0.1) is 0 Å². The Morgan fingerprint density at radius 3 is 2.69 bits per heavy atom. The second-order valence-electron chi connectivity index (χ2n) is 7.53. The van der Waals surface area contributed by atoms with Gasteiger partial charge < -0.3 is 14.6 Å². The van der Waals surface area contributed by atoms with Gasteiger partial charge in [-0.05, 0) is 69.5 Å². The summed E-state index contributed by atoms with van der Waals surface area (Å²) in [6, 6.07) is 14.0. The fourth-order valence-corrected chi connectivity index (χ4v) is 3.26. The van der Waals surface area contributed by atoms with Crippen molar-refractivity contribution < 1.29 is 9.53 Å². The third-order valence-corrected chi connectivity index (χ3v) is 5.08. The average Bonchev–Trinajstić information content (AvgIpc) is 3.06. The Morgan fingerprint density at radius 2 is 1.97 bits per heavy atom. The quantitative estimate of drug-likeness (QED) is 0.440. The maximum Gasteiger partial charge on any atom is 0.246 e. The molecule has 0 bridgehead atoms. The number of nitrogens with zero attached hydrogens (tertiary/aromatic N) is 2. The molecule has 1 N–H and O–H groups in total. The minimum atomic E-state index is -0.215. The van der Waals surface area contributed by atoms with Gasteiger partial charge in [0, 0.05) is 12.1 Å². The van der Waals surface area contributed by atoms with Crippen LogP contribution in [0.4, 0.5) is 0 Å². The Morgan fingerprint density at radius 1 is 1.21 bits per heavy atom. The lowest BCUT2D eigenvalue weighted by Crippen LogP contribution is -2.29. The first kappa shape index (κ1) is 20.6. The van der Waals surface area contributed by atoms with Crippen molar-refractivity contribution in [3.8, 4) is 5.75 Å². The normalized spacial score (nSPS) is 12.0. The van der Waals surface area contributed by atoms with Crippen molar-refractivity contribution in [1.82, 2.24) is 14.9 Å². The van der Waals surface area contributed by atoms with Crippen LogP contribution in [-0.2, 0) is 11.3 Å². The molecule has 1 aromatic heterocycles. The van der Waals surface area contributed by atoms with E-state index in [1.807, 2.05) is 31.2 Å². The minimum absolute atomic E-state index is 0.158. The number of carbonyl (C=O) groups is 1. The number of ether oxygens (including phenoxy) is 1. The molecule has 1 amide bonds. The summed E-state index contributed by atoms with van der Waals surface area (Å²) in [5.41, 5.74) is 4.96. The number of fused-ring (bicyclic) bond motifs is 1. The third kappa shape index (κ3) is 4.86. The van der Waals surface area contributed by atoms with Crippen molar-refractivity contribution in [2.24, 2.45) is 0 Å². The highest BCUT2D eigenvalue weighted by Gasteiger charge is 2.18. The molecule has 3 rings (SSSR count). The highest BCUT2D eigenvalue weighted by Crippen LogP contribution is 2.22. The van der Waals surface area contributed by atoms with E-state index in [2.05, 4.69) is 48.5 Å². The standard InChI is InChI=1S/C24H29N3O2/c1-16(2)24(28)25-19(5)23-26-21-9-6-7-10-22(21)27(23)13-8-14-29-20-12-11-17(3)18(4)15-20/h6-7,9-12,15,19H,1,8,13-14H2,2-5H3,(H,25,28). The van der Waals surface area contributed by atoms with Crippen molar-refractivity contribution in [3.63, 3.8) is 0 Å². The van der Waals surface area contributed by atoms with E-state index >= 15 is 0 Å². The predicted octanol–water partition coefficient (Wildman–Crippen LogP) is 4.88. The maximum atomic E-state index is 12.1. The number of imidazole rings is 1. The Labute approximate surface area is 172 Å². The number of aryl methyl sites for hydroxylation is 3. The van der Waals surface area contributed by atoms with Gasteiger partial charge in [0.2, 0.25) is 5.91 Å². The highest BCUT2D eigenvalue weighted by molar-refractivity contribution is 5.92. The van der Waals surface area contributed by atoms with E-state index in [4.69, 9.17) is 9.72 Å². The van der Waals surface area contributed by atoms with Gasteiger partial charge in [-0.25, -0.2) is 4.98 Å². The summed E-state index contributed by atoms with van der Waals surface area (Å²) in [5.74, 6) is 1.58. The first-order valence-electron chi connectivity index (χ1n) is 9.98. The molecule has 3 aromatic rings. The molecule has 0 aliphatic carbocycles. The summed E-state index contributed by atoms with van der Waals surface area (Å²) in [5, 5.41) is 2.97. The molecule has 29 heavy (non-hydrogen) atoms. The van der Waals surface area contributed by atoms with Gasteiger partial charge in [0.05, 0.1) is 23.7 Å². The molecule has 5 nitrogen and oxygen atoms in total. The van der Waals surface area contributed by atoms with Crippen LogP contribution in [0, 0.1) is 13.8 Å². The second kappa shape index (κ2) is 8.95. The molecule has 1 heterocycles. The van der Waals surface area contributed by atoms with Crippen molar-refractivity contribution in [3.05, 3.63) is 71.6 Å². The van der Waals surface area contributed by atoms with Gasteiger partial charge in [0.1, 0.15) is 11.6 Å². The number of hydrogen-bond acceptors (Lipinski definition) is 3. The molecule has 0 radical (unpaired) electrons. The van der Waals surface area contributed by atoms with Gasteiger partial charge in [-0.2, -0.15) is 0 Å².